The molecule has 3 rings (SSSR count). The molecule has 0 fully saturated rings. The number of hydrogen-bond acceptors (Lipinski definition) is 1. The van der Waals surface area contributed by atoms with Crippen molar-refractivity contribution >= 4 is 81.4 Å². The van der Waals surface area contributed by atoms with Gasteiger partial charge in [-0.2, -0.15) is 0 Å². The lowest BCUT2D eigenvalue weighted by Gasteiger charge is -2.11. The molecule has 0 aromatic heterocycles. The molecule has 2 aromatic carbocycles. The first-order valence-corrected chi connectivity index (χ1v) is 10.3. The summed E-state index contributed by atoms with van der Waals surface area (Å²) in [6, 6.07) is 8.59. The van der Waals surface area contributed by atoms with Crippen molar-refractivity contribution in [3.8, 4) is 0 Å². The highest BCUT2D eigenvalue weighted by Crippen LogP contribution is 2.38. The Balaban J connectivity index is 2.03. The summed E-state index contributed by atoms with van der Waals surface area (Å²) in [5, 5.41) is 0. The van der Waals surface area contributed by atoms with Gasteiger partial charge < -0.3 is 0 Å². The first-order chi connectivity index (χ1) is 10.9. The van der Waals surface area contributed by atoms with E-state index in [1.807, 2.05) is 0 Å². The van der Waals surface area contributed by atoms with Crippen molar-refractivity contribution in [1.29, 1.82) is 0 Å². The lowest BCUT2D eigenvalue weighted by Crippen LogP contribution is -2.19. The Morgan fingerprint density at radius 2 is 1.30 bits per heavy atom. The van der Waals surface area contributed by atoms with Gasteiger partial charge in [0, 0.05) is 0 Å². The zero-order valence-electron chi connectivity index (χ0n) is 12.7. The van der Waals surface area contributed by atoms with Crippen LogP contribution < -0.4 is 4.90 Å². The fraction of sp³-hybridized carbons (Fsp3) is 0.235. The van der Waals surface area contributed by atoms with Crippen LogP contribution in [-0.2, 0) is 0 Å². The van der Waals surface area contributed by atoms with Crippen LogP contribution in [-0.4, -0.2) is 24.0 Å². The van der Waals surface area contributed by atoms with Gasteiger partial charge in [-0.15, -0.1) is 0 Å². The average Bonchev–Trinajstić information content (AvgIpc) is 2.85. The van der Waals surface area contributed by atoms with E-state index in [2.05, 4.69) is 118 Å². The van der Waals surface area contributed by atoms with Crippen molar-refractivity contribution in [3.63, 3.8) is 0 Å². The predicted octanol–water partition coefficient (Wildman–Crippen LogP) is 6.55. The molecule has 0 spiro atoms. The van der Waals surface area contributed by atoms with E-state index < -0.39 is 0 Å². The molecule has 0 saturated carbocycles. The van der Waals surface area contributed by atoms with Gasteiger partial charge in [0.05, 0.1) is 17.9 Å². The van der Waals surface area contributed by atoms with Gasteiger partial charge in [-0.05, 0) is 113 Å². The lowest BCUT2D eigenvalue weighted by atomic mass is 10.2. The summed E-state index contributed by atoms with van der Waals surface area (Å²) in [5.41, 5.74) is 4.79. The van der Waals surface area contributed by atoms with Crippen LogP contribution in [0.1, 0.15) is 11.1 Å². The van der Waals surface area contributed by atoms with Crippen molar-refractivity contribution in [2.24, 2.45) is 0 Å². The molecule has 1 aliphatic heterocycles. The number of nitrogens with zero attached hydrogens (tertiary/aromatic N) is 2. The van der Waals surface area contributed by atoms with E-state index in [0.717, 1.165) is 42.4 Å². The molecule has 120 valence electrons. The van der Waals surface area contributed by atoms with Crippen molar-refractivity contribution in [2.75, 3.05) is 18.0 Å². The molecule has 0 N–H and O–H groups in total. The smallest absolute Gasteiger partial charge is 0.227 e. The number of aryl methyl sites for hydroxylation is 2. The minimum absolute atomic E-state index is 0.938. The van der Waals surface area contributed by atoms with Crippen LogP contribution in [0.3, 0.4) is 0 Å². The van der Waals surface area contributed by atoms with E-state index in [1.165, 1.54) is 11.1 Å². The Kier molecular flexibility index (Phi) is 5.36. The third-order valence-corrected chi connectivity index (χ3v) is 6.18. The molecule has 0 aliphatic carbocycles. The van der Waals surface area contributed by atoms with Gasteiger partial charge in [0.1, 0.15) is 13.1 Å². The molecule has 0 amide bonds. The Labute approximate surface area is 170 Å². The minimum Gasteiger partial charge on any atom is -0.227 e. The summed E-state index contributed by atoms with van der Waals surface area (Å²) < 4.78 is 6.68. The van der Waals surface area contributed by atoms with Gasteiger partial charge >= 0.3 is 0 Å². The minimum atomic E-state index is 0.938. The summed E-state index contributed by atoms with van der Waals surface area (Å²) in [6.07, 6.45) is 2.17. The van der Waals surface area contributed by atoms with Crippen molar-refractivity contribution in [3.05, 3.63) is 53.3 Å². The Morgan fingerprint density at radius 3 is 1.83 bits per heavy atom. The molecule has 0 bridgehead atoms. The fourth-order valence-electron chi connectivity index (χ4n) is 2.77. The maximum Gasteiger partial charge on any atom is 0.244 e. The summed E-state index contributed by atoms with van der Waals surface area (Å²) in [6.45, 7) is 6.07. The molecule has 0 unspecified atom stereocenters. The highest BCUT2D eigenvalue weighted by Gasteiger charge is 2.28. The second kappa shape index (κ2) is 6.98. The van der Waals surface area contributed by atoms with E-state index >= 15 is 0 Å². The first-order valence-electron chi connectivity index (χ1n) is 7.16. The van der Waals surface area contributed by atoms with Crippen LogP contribution >= 0.6 is 63.7 Å². The lowest BCUT2D eigenvalue weighted by molar-refractivity contribution is -0.425. The van der Waals surface area contributed by atoms with Gasteiger partial charge in [-0.25, -0.2) is 9.48 Å². The highest BCUT2D eigenvalue weighted by molar-refractivity contribution is 9.11. The molecular formula is C17H15Br4N2+. The molecule has 0 radical (unpaired) electrons. The molecule has 2 nitrogen and oxygen atoms in total. The van der Waals surface area contributed by atoms with Crippen molar-refractivity contribution in [2.45, 2.75) is 13.8 Å². The van der Waals surface area contributed by atoms with Gasteiger partial charge in [0.2, 0.25) is 6.34 Å². The number of anilines is 1. The molecule has 6 heteroatoms. The largest absolute Gasteiger partial charge is 0.244 e. The summed E-state index contributed by atoms with van der Waals surface area (Å²) in [4.78, 5) is 2.27. The monoisotopic (exact) mass is 563 g/mol. The second-order valence-electron chi connectivity index (χ2n) is 5.66. The van der Waals surface area contributed by atoms with E-state index in [9.17, 15) is 0 Å². The Hall–Kier alpha value is -0.170. The van der Waals surface area contributed by atoms with Gasteiger partial charge in [-0.3, -0.25) is 0 Å². The molecule has 23 heavy (non-hydrogen) atoms. The van der Waals surface area contributed by atoms with Crippen molar-refractivity contribution in [1.82, 2.24) is 0 Å². The van der Waals surface area contributed by atoms with Crippen LogP contribution in [0.5, 0.6) is 0 Å². The van der Waals surface area contributed by atoms with E-state index in [1.54, 1.807) is 0 Å². The van der Waals surface area contributed by atoms with Gasteiger partial charge in [0.15, 0.2) is 11.4 Å². The van der Waals surface area contributed by atoms with Crippen LogP contribution in [0, 0.1) is 13.8 Å². The topological polar surface area (TPSA) is 6.25 Å². The zero-order valence-corrected chi connectivity index (χ0v) is 19.1. The van der Waals surface area contributed by atoms with E-state index in [0.29, 0.717) is 0 Å². The SMILES string of the molecule is Cc1cc(Br)c(N2C=[N+](c3c(Br)cc(C)cc3Br)CC2)c(Br)c1. The number of halogens is 4. The van der Waals surface area contributed by atoms with Gasteiger partial charge in [-0.1, -0.05) is 0 Å². The number of benzene rings is 2. The standard InChI is InChI=1S/C17H15Br4N2/c1-10-5-12(18)16(13(19)6-10)22-3-4-23(9-22)17-14(20)7-11(2)8-15(17)21/h5-9H,3-4H2,1-2H3/q+1. The highest BCUT2D eigenvalue weighted by atomic mass is 79.9. The van der Waals surface area contributed by atoms with Crippen LogP contribution in [0.15, 0.2) is 42.2 Å². The van der Waals surface area contributed by atoms with Crippen LogP contribution in [0.2, 0.25) is 0 Å². The molecule has 1 aliphatic rings. The maximum atomic E-state index is 3.69. The molecule has 0 atom stereocenters. The normalized spacial score (nSPS) is 14.3. The van der Waals surface area contributed by atoms with Crippen LogP contribution in [0.25, 0.3) is 0 Å². The van der Waals surface area contributed by atoms with Crippen molar-refractivity contribution < 1.29 is 4.58 Å². The third-order valence-electron chi connectivity index (χ3n) is 3.76. The maximum absolute atomic E-state index is 3.69. The molecular weight excluding hydrogens is 552 g/mol. The Bertz CT molecular complexity index is 768. The zero-order chi connectivity index (χ0) is 16.7. The second-order valence-corrected chi connectivity index (χ2v) is 9.07. The summed E-state index contributed by atoms with van der Waals surface area (Å²) >= 11 is 14.8. The third kappa shape index (κ3) is 3.60. The number of rotatable bonds is 2. The predicted molar refractivity (Wildman–Crippen MR) is 111 cm³/mol. The quantitative estimate of drug-likeness (QED) is 0.374. The summed E-state index contributed by atoms with van der Waals surface area (Å²) in [5.74, 6) is 0. The van der Waals surface area contributed by atoms with E-state index in [4.69, 9.17) is 0 Å². The Morgan fingerprint density at radius 1 is 0.826 bits per heavy atom. The fourth-order valence-corrected chi connectivity index (χ4v) is 6.51. The molecule has 0 saturated heterocycles. The number of hydrogen-bond donors (Lipinski definition) is 0. The summed E-state index contributed by atoms with van der Waals surface area (Å²) in [7, 11) is 0. The average molecular weight is 567 g/mol. The first kappa shape index (κ1) is 17.6. The molecule has 1 heterocycles. The van der Waals surface area contributed by atoms with Gasteiger partial charge in [0.25, 0.3) is 0 Å². The van der Waals surface area contributed by atoms with Crippen LogP contribution in [0.4, 0.5) is 11.4 Å². The van der Waals surface area contributed by atoms with E-state index in [-0.39, 0.29) is 0 Å². The molecule has 2 aromatic rings.